The second kappa shape index (κ2) is 10.5. The van der Waals surface area contributed by atoms with Gasteiger partial charge in [0.2, 0.25) is 0 Å². The zero-order chi connectivity index (χ0) is 20.4. The molecular weight excluding hydrogens is 358 g/mol. The van der Waals surface area contributed by atoms with Gasteiger partial charge in [-0.2, -0.15) is 9.59 Å². The van der Waals surface area contributed by atoms with Crippen LogP contribution in [0, 0.1) is 0 Å². The van der Waals surface area contributed by atoms with Crippen molar-refractivity contribution in [3.8, 4) is 0 Å². The first-order chi connectivity index (χ1) is 12.9. The average Bonchev–Trinajstić information content (AvgIpc) is 2.64. The van der Waals surface area contributed by atoms with E-state index in [2.05, 4.69) is 4.74 Å². The maximum atomic E-state index is 11.7. The summed E-state index contributed by atoms with van der Waals surface area (Å²) in [5.41, 5.74) is -0.184. The van der Waals surface area contributed by atoms with Crippen LogP contribution in [0.25, 0.3) is 11.0 Å². The number of carbonyl (C=O) groups is 2. The summed E-state index contributed by atoms with van der Waals surface area (Å²) in [6.45, 7) is 3.22. The van der Waals surface area contributed by atoms with E-state index >= 15 is 0 Å². The van der Waals surface area contributed by atoms with Crippen LogP contribution >= 0.6 is 0 Å². The van der Waals surface area contributed by atoms with E-state index in [1.165, 1.54) is 13.2 Å². The van der Waals surface area contributed by atoms with Crippen molar-refractivity contribution in [3.05, 3.63) is 40.2 Å². The minimum absolute atomic E-state index is 0.246. The van der Waals surface area contributed by atoms with E-state index in [-0.39, 0.29) is 18.5 Å². The number of anilines is 1. The number of carboxylic acids is 1. The molecule has 1 aromatic heterocycles. The molecule has 0 fully saturated rings. The summed E-state index contributed by atoms with van der Waals surface area (Å²) in [4.78, 5) is 52.3. The third kappa shape index (κ3) is 6.09. The summed E-state index contributed by atoms with van der Waals surface area (Å²) < 4.78 is 9.77. The second-order valence-electron chi connectivity index (χ2n) is 5.37. The molecule has 0 saturated heterocycles. The van der Waals surface area contributed by atoms with E-state index in [1.807, 2.05) is 11.8 Å². The van der Waals surface area contributed by atoms with Gasteiger partial charge in [0, 0.05) is 30.2 Å². The SMILES string of the molecule is CCCN(CCC(=O)OC)c1ccc2cc(C(=O)O)c(=O)oc2c1.O=C=O. The lowest BCUT2D eigenvalue weighted by Crippen LogP contribution is -2.27. The number of methoxy groups -OCH3 is 1. The van der Waals surface area contributed by atoms with E-state index in [4.69, 9.17) is 19.1 Å². The molecule has 0 atom stereocenters. The molecule has 0 saturated carbocycles. The lowest BCUT2D eigenvalue weighted by molar-refractivity contribution is -0.191. The van der Waals surface area contributed by atoms with Gasteiger partial charge in [0.15, 0.2) is 0 Å². The molecule has 144 valence electrons. The van der Waals surface area contributed by atoms with Gasteiger partial charge in [-0.3, -0.25) is 4.79 Å². The Bertz CT molecular complexity index is 896. The molecule has 9 heteroatoms. The molecule has 0 aliphatic heterocycles. The van der Waals surface area contributed by atoms with E-state index in [0.717, 1.165) is 18.7 Å². The Balaban J connectivity index is 0.00000114. The van der Waals surface area contributed by atoms with Gasteiger partial charge >= 0.3 is 23.7 Å². The fourth-order valence-electron chi connectivity index (χ4n) is 2.41. The summed E-state index contributed by atoms with van der Waals surface area (Å²) in [7, 11) is 1.34. The Morgan fingerprint density at radius 1 is 1.22 bits per heavy atom. The van der Waals surface area contributed by atoms with Crippen LogP contribution in [-0.4, -0.2) is 43.4 Å². The molecular formula is C18H19NO8. The molecule has 0 aliphatic rings. The van der Waals surface area contributed by atoms with Gasteiger partial charge in [0.1, 0.15) is 11.1 Å². The van der Waals surface area contributed by atoms with E-state index in [0.29, 0.717) is 17.5 Å². The largest absolute Gasteiger partial charge is 0.477 e. The van der Waals surface area contributed by atoms with Crippen molar-refractivity contribution < 1.29 is 33.4 Å². The number of carboxylic acid groups (broad SMARTS) is 1. The molecule has 2 aromatic rings. The van der Waals surface area contributed by atoms with Crippen molar-refractivity contribution in [2.24, 2.45) is 0 Å². The highest BCUT2D eigenvalue weighted by molar-refractivity contribution is 5.92. The second-order valence-corrected chi connectivity index (χ2v) is 5.37. The molecule has 9 nitrogen and oxygen atoms in total. The predicted octanol–water partition coefficient (Wildman–Crippen LogP) is 1.69. The first kappa shape index (κ1) is 21.6. The van der Waals surface area contributed by atoms with Crippen LogP contribution in [0.2, 0.25) is 0 Å². The molecule has 0 bridgehead atoms. The van der Waals surface area contributed by atoms with Crippen LogP contribution in [0.1, 0.15) is 30.1 Å². The zero-order valence-electron chi connectivity index (χ0n) is 14.9. The topological polar surface area (TPSA) is 131 Å². The number of rotatable bonds is 7. The Kier molecular flexibility index (Phi) is 8.41. The Morgan fingerprint density at radius 3 is 2.44 bits per heavy atom. The molecule has 1 aromatic carbocycles. The Labute approximate surface area is 154 Å². The Hall–Kier alpha value is -3.45. The van der Waals surface area contributed by atoms with Gasteiger partial charge in [-0.05, 0) is 24.6 Å². The molecule has 1 heterocycles. The number of esters is 1. The maximum Gasteiger partial charge on any atom is 0.373 e. The lowest BCUT2D eigenvalue weighted by atomic mass is 10.1. The summed E-state index contributed by atoms with van der Waals surface area (Å²) in [6, 6.07) is 6.48. The monoisotopic (exact) mass is 377 g/mol. The highest BCUT2D eigenvalue weighted by Crippen LogP contribution is 2.22. The average molecular weight is 377 g/mol. The number of carbonyl (C=O) groups excluding carboxylic acids is 3. The third-order valence-electron chi connectivity index (χ3n) is 3.62. The normalized spacial score (nSPS) is 9.70. The summed E-state index contributed by atoms with van der Waals surface area (Å²) in [6.07, 6.45) is 1.37. The minimum Gasteiger partial charge on any atom is -0.477 e. The van der Waals surface area contributed by atoms with Crippen molar-refractivity contribution in [2.45, 2.75) is 19.8 Å². The third-order valence-corrected chi connectivity index (χ3v) is 3.62. The summed E-state index contributed by atoms with van der Waals surface area (Å²) in [5.74, 6) is -1.62. The predicted molar refractivity (Wildman–Crippen MR) is 93.6 cm³/mol. The number of hydrogen-bond acceptors (Lipinski definition) is 8. The molecule has 0 aliphatic carbocycles. The minimum atomic E-state index is -1.32. The fraction of sp³-hybridized carbons (Fsp3) is 0.333. The van der Waals surface area contributed by atoms with Crippen LogP contribution in [0.15, 0.2) is 33.5 Å². The molecule has 27 heavy (non-hydrogen) atoms. The van der Waals surface area contributed by atoms with Crippen LogP contribution < -0.4 is 10.5 Å². The first-order valence-electron chi connectivity index (χ1n) is 8.00. The van der Waals surface area contributed by atoms with Gasteiger partial charge in [-0.1, -0.05) is 6.92 Å². The van der Waals surface area contributed by atoms with E-state index in [9.17, 15) is 14.4 Å². The van der Waals surface area contributed by atoms with Crippen molar-refractivity contribution >= 4 is 34.7 Å². The summed E-state index contributed by atoms with van der Waals surface area (Å²) in [5, 5.41) is 9.50. The zero-order valence-corrected chi connectivity index (χ0v) is 14.9. The molecule has 0 unspecified atom stereocenters. The maximum absolute atomic E-state index is 11.7. The van der Waals surface area contributed by atoms with E-state index in [1.54, 1.807) is 18.2 Å². The quantitative estimate of drug-likeness (QED) is 0.565. The molecule has 1 N–H and O–H groups in total. The van der Waals surface area contributed by atoms with Crippen LogP contribution in [0.3, 0.4) is 0 Å². The van der Waals surface area contributed by atoms with Gasteiger partial charge in [0.25, 0.3) is 0 Å². The first-order valence-corrected chi connectivity index (χ1v) is 8.00. The van der Waals surface area contributed by atoms with Gasteiger partial charge < -0.3 is 19.2 Å². The standard InChI is InChI=1S/C17H19NO6.CO2/c1-3-7-18(8-6-15(19)23-2)12-5-4-11-9-13(16(20)21)17(22)24-14(11)10-12;2-1-3/h4-5,9-10H,3,6-8H2,1-2H3,(H,20,21);. The van der Waals surface area contributed by atoms with Crippen molar-refractivity contribution in [1.82, 2.24) is 0 Å². The summed E-state index contributed by atoms with van der Waals surface area (Å²) >= 11 is 0. The van der Waals surface area contributed by atoms with Gasteiger partial charge in [0.05, 0.1) is 13.5 Å². The van der Waals surface area contributed by atoms with Crippen molar-refractivity contribution in [2.75, 3.05) is 25.1 Å². The number of hydrogen-bond donors (Lipinski definition) is 1. The van der Waals surface area contributed by atoms with Gasteiger partial charge in [-0.25, -0.2) is 9.59 Å². The molecule has 0 spiro atoms. The highest BCUT2D eigenvalue weighted by atomic mass is 16.5. The molecule has 0 radical (unpaired) electrons. The number of ether oxygens (including phenoxy) is 1. The van der Waals surface area contributed by atoms with Crippen LogP contribution in [0.5, 0.6) is 0 Å². The van der Waals surface area contributed by atoms with Crippen molar-refractivity contribution in [3.63, 3.8) is 0 Å². The number of fused-ring (bicyclic) bond motifs is 1. The van der Waals surface area contributed by atoms with Gasteiger partial charge in [-0.15, -0.1) is 0 Å². The molecule has 0 amide bonds. The smallest absolute Gasteiger partial charge is 0.373 e. The van der Waals surface area contributed by atoms with Crippen LogP contribution in [0.4, 0.5) is 5.69 Å². The fourth-order valence-corrected chi connectivity index (χ4v) is 2.41. The Morgan fingerprint density at radius 2 is 1.89 bits per heavy atom. The lowest BCUT2D eigenvalue weighted by Gasteiger charge is -2.24. The molecule has 2 rings (SSSR count). The highest BCUT2D eigenvalue weighted by Gasteiger charge is 2.14. The number of nitrogens with zero attached hydrogens (tertiary/aromatic N) is 1. The number of aromatic carboxylic acids is 1. The van der Waals surface area contributed by atoms with E-state index < -0.39 is 17.2 Å². The number of benzene rings is 1. The van der Waals surface area contributed by atoms with Crippen molar-refractivity contribution in [1.29, 1.82) is 0 Å². The van der Waals surface area contributed by atoms with Crippen LogP contribution in [-0.2, 0) is 19.1 Å².